The zero-order chi connectivity index (χ0) is 11.7. The van der Waals surface area contributed by atoms with Crippen molar-refractivity contribution in [3.63, 3.8) is 0 Å². The van der Waals surface area contributed by atoms with Crippen LogP contribution in [0.4, 0.5) is 0 Å². The van der Waals surface area contributed by atoms with Gasteiger partial charge in [-0.1, -0.05) is 39.0 Å². The number of halogens is 3. The molecule has 0 amide bonds. The summed E-state index contributed by atoms with van der Waals surface area (Å²) in [7, 11) is 0. The fraction of sp³-hybridized carbons (Fsp3) is 1.00. The van der Waals surface area contributed by atoms with E-state index in [9.17, 15) is 0 Å². The minimum absolute atomic E-state index is 0.611. The summed E-state index contributed by atoms with van der Waals surface area (Å²) in [6, 6.07) is -1.59. The SMILES string of the molecule is CCC(CCCCCCS)C[Si](Cl)(Cl)Cl. The highest BCUT2D eigenvalue weighted by molar-refractivity contribution is 7.80. The molecule has 0 aromatic rings. The van der Waals surface area contributed by atoms with Crippen molar-refractivity contribution in [2.75, 3.05) is 5.75 Å². The van der Waals surface area contributed by atoms with Crippen molar-refractivity contribution in [3.05, 3.63) is 0 Å². The monoisotopic (exact) mass is 306 g/mol. The second-order valence-corrected chi connectivity index (χ2v) is 13.7. The maximum atomic E-state index is 5.93. The van der Waals surface area contributed by atoms with Crippen molar-refractivity contribution in [1.82, 2.24) is 0 Å². The Morgan fingerprint density at radius 2 is 1.67 bits per heavy atom. The van der Waals surface area contributed by atoms with Crippen molar-refractivity contribution in [2.45, 2.75) is 51.5 Å². The molecule has 0 spiro atoms. The van der Waals surface area contributed by atoms with Crippen LogP contribution in [0.15, 0.2) is 0 Å². The first-order valence-electron chi connectivity index (χ1n) is 5.67. The van der Waals surface area contributed by atoms with Gasteiger partial charge in [0.1, 0.15) is 0 Å². The van der Waals surface area contributed by atoms with Gasteiger partial charge in [-0.25, -0.2) is 0 Å². The molecule has 0 aliphatic heterocycles. The normalized spacial score (nSPS) is 14.2. The van der Waals surface area contributed by atoms with Gasteiger partial charge in [-0.05, 0) is 24.1 Å². The quantitative estimate of drug-likeness (QED) is 0.245. The van der Waals surface area contributed by atoms with Crippen LogP contribution in [0, 0.1) is 5.92 Å². The Hall–Kier alpha value is 1.44. The van der Waals surface area contributed by atoms with Crippen LogP contribution >= 0.6 is 45.9 Å². The molecule has 0 aromatic carbocycles. The lowest BCUT2D eigenvalue weighted by Crippen LogP contribution is -2.15. The minimum Gasteiger partial charge on any atom is -0.179 e. The molecule has 5 heteroatoms. The molecule has 1 atom stereocenters. The Morgan fingerprint density at radius 1 is 1.07 bits per heavy atom. The number of hydrogen-bond donors (Lipinski definition) is 1. The highest BCUT2D eigenvalue weighted by Gasteiger charge is 2.28. The molecule has 0 rings (SSSR count). The lowest BCUT2D eigenvalue weighted by molar-refractivity contribution is 0.476. The van der Waals surface area contributed by atoms with E-state index in [1.54, 1.807) is 0 Å². The summed E-state index contributed by atoms with van der Waals surface area (Å²) < 4.78 is 0. The molecule has 0 heterocycles. The number of thiol groups is 1. The highest BCUT2D eigenvalue weighted by atomic mass is 35.8. The molecule has 0 aliphatic rings. The van der Waals surface area contributed by atoms with Gasteiger partial charge in [0.25, 0.3) is 0 Å². The highest BCUT2D eigenvalue weighted by Crippen LogP contribution is 2.32. The van der Waals surface area contributed by atoms with Crippen LogP contribution in [0.2, 0.25) is 6.04 Å². The van der Waals surface area contributed by atoms with Crippen LogP contribution in [0.25, 0.3) is 0 Å². The molecular formula is C10H21Cl3SSi. The van der Waals surface area contributed by atoms with Crippen LogP contribution in [-0.2, 0) is 0 Å². The van der Waals surface area contributed by atoms with E-state index < -0.39 is 6.00 Å². The summed E-state index contributed by atoms with van der Waals surface area (Å²) in [6.45, 7) is 2.18. The van der Waals surface area contributed by atoms with Gasteiger partial charge in [-0.15, -0.1) is 33.2 Å². The standard InChI is InChI=1S/C10H21Cl3SSi/c1-2-10(9-15(11,12)13)7-5-3-4-6-8-14/h10,14H,2-9H2,1H3. The topological polar surface area (TPSA) is 0 Å². The number of rotatable bonds is 9. The molecule has 0 fully saturated rings. The lowest BCUT2D eigenvalue weighted by atomic mass is 10.0. The molecule has 0 N–H and O–H groups in total. The van der Waals surface area contributed by atoms with Gasteiger partial charge < -0.3 is 0 Å². The molecule has 0 radical (unpaired) electrons. The number of unbranched alkanes of at least 4 members (excludes halogenated alkanes) is 3. The summed E-state index contributed by atoms with van der Waals surface area (Å²) >= 11 is 22.0. The maximum absolute atomic E-state index is 5.93. The molecule has 0 nitrogen and oxygen atoms in total. The molecule has 0 saturated carbocycles. The van der Waals surface area contributed by atoms with Crippen LogP contribution in [0.5, 0.6) is 0 Å². The Bertz CT molecular complexity index is 150. The molecule has 1 unspecified atom stereocenters. The van der Waals surface area contributed by atoms with Crippen molar-refractivity contribution < 1.29 is 0 Å². The summed E-state index contributed by atoms with van der Waals surface area (Å²) in [4.78, 5) is 0. The van der Waals surface area contributed by atoms with Crippen molar-refractivity contribution >= 4 is 51.9 Å². The van der Waals surface area contributed by atoms with Gasteiger partial charge in [-0.3, -0.25) is 0 Å². The predicted molar refractivity (Wildman–Crippen MR) is 78.8 cm³/mol. The van der Waals surface area contributed by atoms with E-state index in [-0.39, 0.29) is 0 Å². The second kappa shape index (κ2) is 9.47. The minimum atomic E-state index is -2.41. The lowest BCUT2D eigenvalue weighted by Gasteiger charge is -2.17. The average molecular weight is 308 g/mol. The van der Waals surface area contributed by atoms with Gasteiger partial charge in [-0.2, -0.15) is 12.6 Å². The first-order chi connectivity index (χ1) is 6.99. The zero-order valence-corrected chi connectivity index (χ0v) is 13.5. The fourth-order valence-electron chi connectivity index (χ4n) is 1.68. The third-order valence-electron chi connectivity index (χ3n) is 2.62. The Balaban J connectivity index is 3.53. The van der Waals surface area contributed by atoms with Crippen molar-refractivity contribution in [1.29, 1.82) is 0 Å². The Morgan fingerprint density at radius 3 is 2.13 bits per heavy atom. The van der Waals surface area contributed by atoms with Crippen molar-refractivity contribution in [3.8, 4) is 0 Å². The molecule has 15 heavy (non-hydrogen) atoms. The van der Waals surface area contributed by atoms with E-state index in [1.807, 2.05) is 0 Å². The summed E-state index contributed by atoms with van der Waals surface area (Å²) in [6.07, 6.45) is 7.40. The maximum Gasteiger partial charge on any atom is 0.341 e. The first-order valence-corrected chi connectivity index (χ1v) is 11.5. The molecule has 0 bridgehead atoms. The third kappa shape index (κ3) is 11.7. The van der Waals surface area contributed by atoms with Gasteiger partial charge in [0, 0.05) is 0 Å². The molecular weight excluding hydrogens is 287 g/mol. The van der Waals surface area contributed by atoms with Crippen LogP contribution in [0.3, 0.4) is 0 Å². The Kier molecular flexibility index (Phi) is 10.4. The second-order valence-electron chi connectivity index (χ2n) is 4.02. The molecule has 0 saturated heterocycles. The van der Waals surface area contributed by atoms with Crippen LogP contribution in [0.1, 0.15) is 45.4 Å². The third-order valence-corrected chi connectivity index (χ3v) is 5.36. The van der Waals surface area contributed by atoms with E-state index >= 15 is 0 Å². The van der Waals surface area contributed by atoms with Crippen LogP contribution < -0.4 is 0 Å². The van der Waals surface area contributed by atoms with Crippen molar-refractivity contribution in [2.24, 2.45) is 5.92 Å². The fourth-order valence-corrected chi connectivity index (χ4v) is 5.01. The van der Waals surface area contributed by atoms with E-state index in [4.69, 9.17) is 33.2 Å². The van der Waals surface area contributed by atoms with E-state index in [2.05, 4.69) is 19.6 Å². The van der Waals surface area contributed by atoms with Gasteiger partial charge in [0.2, 0.25) is 0 Å². The molecule has 0 aliphatic carbocycles. The van der Waals surface area contributed by atoms with Gasteiger partial charge in [0.15, 0.2) is 0 Å². The van der Waals surface area contributed by atoms with E-state index in [0.717, 1.165) is 18.2 Å². The van der Waals surface area contributed by atoms with Gasteiger partial charge in [0.05, 0.1) is 0 Å². The number of hydrogen-bond acceptors (Lipinski definition) is 1. The predicted octanol–water partition coefficient (Wildman–Crippen LogP) is 5.55. The van der Waals surface area contributed by atoms with E-state index in [0.29, 0.717) is 5.92 Å². The summed E-state index contributed by atoms with van der Waals surface area (Å²) in [5, 5.41) is 0. The first kappa shape index (κ1) is 16.4. The van der Waals surface area contributed by atoms with Crippen LogP contribution in [-0.4, -0.2) is 11.8 Å². The van der Waals surface area contributed by atoms with E-state index in [1.165, 1.54) is 32.1 Å². The average Bonchev–Trinajstić information content (AvgIpc) is 2.14. The smallest absolute Gasteiger partial charge is 0.179 e. The zero-order valence-electron chi connectivity index (χ0n) is 9.32. The summed E-state index contributed by atoms with van der Waals surface area (Å²) in [5.41, 5.74) is 0. The molecule has 92 valence electrons. The van der Waals surface area contributed by atoms with Gasteiger partial charge >= 0.3 is 6.00 Å². The Labute approximate surface area is 115 Å². The summed E-state index contributed by atoms with van der Waals surface area (Å²) in [5.74, 6) is 1.61. The molecule has 0 aromatic heterocycles. The largest absolute Gasteiger partial charge is 0.341 e.